The second kappa shape index (κ2) is 5.67. The van der Waals surface area contributed by atoms with E-state index in [1.807, 2.05) is 25.1 Å². The summed E-state index contributed by atoms with van der Waals surface area (Å²) in [5.41, 5.74) is 7.83. The summed E-state index contributed by atoms with van der Waals surface area (Å²) in [6, 6.07) is 8.01. The molecule has 2 rings (SSSR count). The van der Waals surface area contributed by atoms with Crippen LogP contribution in [0.4, 0.5) is 5.69 Å². The number of hydrogen-bond acceptors (Lipinski definition) is 3. The Morgan fingerprint density at radius 3 is 2.56 bits per heavy atom. The molecule has 4 heteroatoms. The summed E-state index contributed by atoms with van der Waals surface area (Å²) >= 11 is 5.09. The molecule has 0 bridgehead atoms. The van der Waals surface area contributed by atoms with Crippen LogP contribution in [0.15, 0.2) is 24.3 Å². The quantitative estimate of drug-likeness (QED) is 0.819. The number of piperidine rings is 1. The van der Waals surface area contributed by atoms with Crippen molar-refractivity contribution < 1.29 is 5.11 Å². The predicted molar refractivity (Wildman–Crippen MR) is 78.9 cm³/mol. The van der Waals surface area contributed by atoms with Crippen molar-refractivity contribution in [2.24, 2.45) is 11.7 Å². The van der Waals surface area contributed by atoms with Crippen molar-refractivity contribution in [2.75, 3.05) is 18.0 Å². The summed E-state index contributed by atoms with van der Waals surface area (Å²) in [6.07, 6.45) is 1.82. The first-order valence-electron chi connectivity index (χ1n) is 6.41. The zero-order valence-electron chi connectivity index (χ0n) is 10.7. The van der Waals surface area contributed by atoms with Gasteiger partial charge in [-0.3, -0.25) is 0 Å². The second-order valence-electron chi connectivity index (χ2n) is 4.95. The van der Waals surface area contributed by atoms with Gasteiger partial charge in [-0.25, -0.2) is 0 Å². The van der Waals surface area contributed by atoms with E-state index in [0.29, 0.717) is 10.9 Å². The summed E-state index contributed by atoms with van der Waals surface area (Å²) in [4.78, 5) is 2.76. The molecule has 3 nitrogen and oxygen atoms in total. The molecular formula is C14H20N2OS. The molecule has 0 spiro atoms. The van der Waals surface area contributed by atoms with Gasteiger partial charge in [0.25, 0.3) is 0 Å². The summed E-state index contributed by atoms with van der Waals surface area (Å²) < 4.78 is 0. The number of hydrogen-bond donors (Lipinski definition) is 2. The minimum atomic E-state index is -0.210. The fourth-order valence-electron chi connectivity index (χ4n) is 2.58. The number of aliphatic hydroxyl groups is 1. The van der Waals surface area contributed by atoms with Crippen molar-refractivity contribution in [3.63, 3.8) is 0 Å². The fourth-order valence-corrected chi connectivity index (χ4v) is 2.75. The normalized spacial score (nSPS) is 18.7. The minimum absolute atomic E-state index is 0.210. The highest BCUT2D eigenvalue weighted by atomic mass is 32.1. The van der Waals surface area contributed by atoms with Gasteiger partial charge in [0.1, 0.15) is 4.99 Å². The minimum Gasteiger partial charge on any atom is -0.393 e. The molecule has 0 amide bonds. The molecule has 1 fully saturated rings. The van der Waals surface area contributed by atoms with Gasteiger partial charge in [-0.15, -0.1) is 0 Å². The van der Waals surface area contributed by atoms with Gasteiger partial charge in [0.2, 0.25) is 0 Å². The van der Waals surface area contributed by atoms with E-state index >= 15 is 0 Å². The summed E-state index contributed by atoms with van der Waals surface area (Å²) in [6.45, 7) is 3.79. The molecule has 98 valence electrons. The highest BCUT2D eigenvalue weighted by Crippen LogP contribution is 2.27. The molecule has 1 aromatic carbocycles. The van der Waals surface area contributed by atoms with Crippen LogP contribution in [0.25, 0.3) is 0 Å². The topological polar surface area (TPSA) is 49.5 Å². The van der Waals surface area contributed by atoms with Crippen LogP contribution in [0.2, 0.25) is 0 Å². The number of nitrogens with two attached hydrogens (primary N) is 1. The zero-order chi connectivity index (χ0) is 13.1. The largest absolute Gasteiger partial charge is 0.393 e. The number of nitrogens with zero attached hydrogens (tertiary/aromatic N) is 1. The lowest BCUT2D eigenvalue weighted by Gasteiger charge is -2.35. The van der Waals surface area contributed by atoms with Crippen LogP contribution in [0.1, 0.15) is 25.3 Å². The molecule has 0 radical (unpaired) electrons. The van der Waals surface area contributed by atoms with Crippen LogP contribution in [0, 0.1) is 5.92 Å². The van der Waals surface area contributed by atoms with E-state index < -0.39 is 0 Å². The molecule has 0 saturated carbocycles. The molecule has 18 heavy (non-hydrogen) atoms. The Labute approximate surface area is 114 Å². The molecule has 1 atom stereocenters. The van der Waals surface area contributed by atoms with Crippen LogP contribution in [-0.4, -0.2) is 29.3 Å². The lowest BCUT2D eigenvalue weighted by atomic mass is 9.91. The Morgan fingerprint density at radius 1 is 1.39 bits per heavy atom. The molecule has 0 aromatic heterocycles. The zero-order valence-corrected chi connectivity index (χ0v) is 11.5. The maximum Gasteiger partial charge on any atom is 0.106 e. The highest BCUT2D eigenvalue weighted by molar-refractivity contribution is 7.80. The number of anilines is 1. The summed E-state index contributed by atoms with van der Waals surface area (Å²) in [5, 5.41) is 9.62. The van der Waals surface area contributed by atoms with Crippen molar-refractivity contribution in [1.29, 1.82) is 0 Å². The van der Waals surface area contributed by atoms with E-state index in [1.54, 1.807) is 0 Å². The smallest absolute Gasteiger partial charge is 0.106 e. The molecule has 1 aliphatic rings. The first kappa shape index (κ1) is 13.3. The first-order chi connectivity index (χ1) is 8.59. The average Bonchev–Trinajstić information content (AvgIpc) is 2.39. The van der Waals surface area contributed by atoms with Crippen LogP contribution < -0.4 is 10.6 Å². The number of aliphatic hydroxyl groups excluding tert-OH is 1. The number of para-hydroxylation sites is 1. The third-order valence-corrected chi connectivity index (χ3v) is 3.95. The Balaban J connectivity index is 2.12. The maximum absolute atomic E-state index is 9.62. The molecular weight excluding hydrogens is 244 g/mol. The van der Waals surface area contributed by atoms with Gasteiger partial charge >= 0.3 is 0 Å². The van der Waals surface area contributed by atoms with Crippen molar-refractivity contribution in [2.45, 2.75) is 25.9 Å². The molecule has 1 aliphatic heterocycles. The first-order valence-corrected chi connectivity index (χ1v) is 6.82. The Morgan fingerprint density at radius 2 is 2.00 bits per heavy atom. The molecule has 0 aliphatic carbocycles. The van der Waals surface area contributed by atoms with E-state index in [9.17, 15) is 5.11 Å². The summed E-state index contributed by atoms with van der Waals surface area (Å²) in [5.74, 6) is 0.415. The number of thiocarbonyl (C=S) groups is 1. The second-order valence-corrected chi connectivity index (χ2v) is 5.39. The molecule has 1 unspecified atom stereocenters. The van der Waals surface area contributed by atoms with Crippen LogP contribution in [0.3, 0.4) is 0 Å². The maximum atomic E-state index is 9.62. The Bertz CT molecular complexity index is 426. The van der Waals surface area contributed by atoms with E-state index in [-0.39, 0.29) is 6.10 Å². The molecule has 1 aromatic rings. The lowest BCUT2D eigenvalue weighted by molar-refractivity contribution is 0.110. The van der Waals surface area contributed by atoms with Gasteiger partial charge in [-0.05, 0) is 37.8 Å². The van der Waals surface area contributed by atoms with Gasteiger partial charge < -0.3 is 15.7 Å². The fraction of sp³-hybridized carbons (Fsp3) is 0.500. The Kier molecular flexibility index (Phi) is 4.19. The van der Waals surface area contributed by atoms with Gasteiger partial charge in [-0.1, -0.05) is 24.4 Å². The third-order valence-electron chi connectivity index (χ3n) is 3.73. The molecule has 1 saturated heterocycles. The number of rotatable bonds is 3. The highest BCUT2D eigenvalue weighted by Gasteiger charge is 2.24. The molecule has 1 heterocycles. The third kappa shape index (κ3) is 2.82. The van der Waals surface area contributed by atoms with E-state index in [1.165, 1.54) is 0 Å². The van der Waals surface area contributed by atoms with E-state index in [2.05, 4.69) is 11.0 Å². The van der Waals surface area contributed by atoms with Crippen molar-refractivity contribution in [3.05, 3.63) is 29.8 Å². The van der Waals surface area contributed by atoms with Crippen LogP contribution in [-0.2, 0) is 0 Å². The summed E-state index contributed by atoms with van der Waals surface area (Å²) in [7, 11) is 0. The predicted octanol–water partition coefficient (Wildman–Crippen LogP) is 1.92. The van der Waals surface area contributed by atoms with Crippen LogP contribution >= 0.6 is 12.2 Å². The van der Waals surface area contributed by atoms with E-state index in [0.717, 1.165) is 37.2 Å². The number of benzene rings is 1. The average molecular weight is 264 g/mol. The standard InChI is InChI=1S/C14H20N2OS/c1-10(17)11-6-8-16(9-7-11)13-5-3-2-4-12(13)14(15)18/h2-5,10-11,17H,6-9H2,1H3,(H2,15,18). The van der Waals surface area contributed by atoms with E-state index in [4.69, 9.17) is 18.0 Å². The van der Waals surface area contributed by atoms with Crippen LogP contribution in [0.5, 0.6) is 0 Å². The van der Waals surface area contributed by atoms with Gasteiger partial charge in [0, 0.05) is 24.3 Å². The van der Waals surface area contributed by atoms with Gasteiger partial charge in [0.15, 0.2) is 0 Å². The lowest BCUT2D eigenvalue weighted by Crippen LogP contribution is -2.38. The van der Waals surface area contributed by atoms with Crippen molar-refractivity contribution >= 4 is 22.9 Å². The monoisotopic (exact) mass is 264 g/mol. The Hall–Kier alpha value is -1.13. The SMILES string of the molecule is CC(O)C1CCN(c2ccccc2C(N)=S)CC1. The molecule has 3 N–H and O–H groups in total. The van der Waals surface area contributed by atoms with Gasteiger partial charge in [0.05, 0.1) is 6.10 Å². The van der Waals surface area contributed by atoms with Gasteiger partial charge in [-0.2, -0.15) is 0 Å². The van der Waals surface area contributed by atoms with Crippen molar-refractivity contribution in [3.8, 4) is 0 Å². The van der Waals surface area contributed by atoms with Crippen molar-refractivity contribution in [1.82, 2.24) is 0 Å².